The molecular weight excluding hydrogens is 338 g/mol. The molecule has 130 valence electrons. The third-order valence-corrected chi connectivity index (χ3v) is 5.21. The van der Waals surface area contributed by atoms with Crippen molar-refractivity contribution in [2.24, 2.45) is 0 Å². The van der Waals surface area contributed by atoms with Crippen molar-refractivity contribution in [2.45, 2.75) is 18.4 Å². The number of benzene rings is 2. The Bertz CT molecular complexity index is 963. The Morgan fingerprint density at radius 3 is 2.48 bits per heavy atom. The summed E-state index contributed by atoms with van der Waals surface area (Å²) in [6.07, 6.45) is 1.75. The zero-order valence-electron chi connectivity index (χ0n) is 14.0. The summed E-state index contributed by atoms with van der Waals surface area (Å²) in [4.78, 5) is 0.154. The van der Waals surface area contributed by atoms with E-state index in [4.69, 9.17) is 4.74 Å². The van der Waals surface area contributed by atoms with E-state index in [9.17, 15) is 8.42 Å². The molecular formula is C18H19N3O3S. The molecule has 0 aliphatic heterocycles. The molecule has 6 nitrogen and oxygen atoms in total. The first-order valence-corrected chi connectivity index (χ1v) is 9.21. The van der Waals surface area contributed by atoms with Crippen LogP contribution in [0.5, 0.6) is 5.75 Å². The lowest BCUT2D eigenvalue weighted by Crippen LogP contribution is -2.13. The molecule has 0 saturated carbocycles. The molecule has 0 aliphatic carbocycles. The highest BCUT2D eigenvalue weighted by molar-refractivity contribution is 7.92. The van der Waals surface area contributed by atoms with E-state index in [1.165, 1.54) is 24.8 Å². The van der Waals surface area contributed by atoms with Gasteiger partial charge in [0.2, 0.25) is 0 Å². The Kier molecular flexibility index (Phi) is 4.76. The monoisotopic (exact) mass is 357 g/mol. The molecule has 0 radical (unpaired) electrons. The van der Waals surface area contributed by atoms with Gasteiger partial charge < -0.3 is 4.74 Å². The van der Waals surface area contributed by atoms with Gasteiger partial charge in [-0.2, -0.15) is 5.10 Å². The second-order valence-corrected chi connectivity index (χ2v) is 7.29. The van der Waals surface area contributed by atoms with E-state index in [1.807, 2.05) is 31.2 Å². The van der Waals surface area contributed by atoms with Crippen LogP contribution in [0.25, 0.3) is 0 Å². The summed E-state index contributed by atoms with van der Waals surface area (Å²) >= 11 is 0. The average molecular weight is 357 g/mol. The quantitative estimate of drug-likeness (QED) is 0.736. The molecule has 1 aromatic heterocycles. The van der Waals surface area contributed by atoms with Crippen molar-refractivity contribution in [3.63, 3.8) is 0 Å². The van der Waals surface area contributed by atoms with Crippen LogP contribution in [-0.2, 0) is 16.6 Å². The smallest absolute Gasteiger partial charge is 0.263 e. The fraction of sp³-hybridized carbons (Fsp3) is 0.167. The molecule has 1 heterocycles. The minimum absolute atomic E-state index is 0.154. The van der Waals surface area contributed by atoms with E-state index in [0.29, 0.717) is 12.3 Å². The van der Waals surface area contributed by atoms with Crippen molar-refractivity contribution in [1.29, 1.82) is 0 Å². The molecule has 0 amide bonds. The van der Waals surface area contributed by atoms with Crippen LogP contribution in [0.4, 0.5) is 5.82 Å². The fourth-order valence-corrected chi connectivity index (χ4v) is 3.41. The maximum atomic E-state index is 12.4. The normalized spacial score (nSPS) is 11.3. The fourth-order valence-electron chi connectivity index (χ4n) is 2.42. The van der Waals surface area contributed by atoms with E-state index < -0.39 is 10.0 Å². The number of hydrogen-bond acceptors (Lipinski definition) is 4. The largest absolute Gasteiger partial charge is 0.497 e. The number of anilines is 1. The summed E-state index contributed by atoms with van der Waals surface area (Å²) in [7, 11) is -2.16. The second-order valence-electron chi connectivity index (χ2n) is 5.61. The van der Waals surface area contributed by atoms with Crippen LogP contribution < -0.4 is 9.46 Å². The van der Waals surface area contributed by atoms with Crippen LogP contribution in [0.3, 0.4) is 0 Å². The Morgan fingerprint density at radius 1 is 1.08 bits per heavy atom. The number of methoxy groups -OCH3 is 1. The summed E-state index contributed by atoms with van der Waals surface area (Å²) in [5, 5.41) is 4.29. The lowest BCUT2D eigenvalue weighted by molar-refractivity contribution is 0.414. The number of nitrogens with zero attached hydrogens (tertiary/aromatic N) is 2. The minimum Gasteiger partial charge on any atom is -0.497 e. The average Bonchev–Trinajstić information content (AvgIpc) is 3.03. The molecule has 1 N–H and O–H groups in total. The summed E-state index contributed by atoms with van der Waals surface area (Å²) in [6.45, 7) is 2.61. The molecule has 0 atom stereocenters. The zero-order chi connectivity index (χ0) is 17.9. The summed E-state index contributed by atoms with van der Waals surface area (Å²) < 4.78 is 34.1. The number of aryl methyl sites for hydroxylation is 1. The van der Waals surface area contributed by atoms with Crippen molar-refractivity contribution >= 4 is 15.8 Å². The predicted octanol–water partition coefficient (Wildman–Crippen LogP) is 3.05. The molecule has 2 aromatic carbocycles. The van der Waals surface area contributed by atoms with Gasteiger partial charge >= 0.3 is 0 Å². The molecule has 0 aliphatic rings. The Labute approximate surface area is 147 Å². The van der Waals surface area contributed by atoms with E-state index >= 15 is 0 Å². The molecule has 0 spiro atoms. The number of nitrogens with one attached hydrogen (secondary N) is 1. The van der Waals surface area contributed by atoms with Gasteiger partial charge in [0.25, 0.3) is 10.0 Å². The van der Waals surface area contributed by atoms with E-state index in [1.54, 1.807) is 29.1 Å². The maximum Gasteiger partial charge on any atom is 0.263 e. The summed E-state index contributed by atoms with van der Waals surface area (Å²) in [6, 6.07) is 15.8. The molecule has 0 unspecified atom stereocenters. The second kappa shape index (κ2) is 6.98. The van der Waals surface area contributed by atoms with Crippen LogP contribution in [0.15, 0.2) is 65.7 Å². The van der Waals surface area contributed by atoms with Crippen molar-refractivity contribution in [1.82, 2.24) is 9.78 Å². The van der Waals surface area contributed by atoms with Gasteiger partial charge in [-0.05, 0) is 42.3 Å². The Hall–Kier alpha value is -2.80. The predicted molar refractivity (Wildman–Crippen MR) is 96.3 cm³/mol. The third kappa shape index (κ3) is 4.00. The first kappa shape index (κ1) is 17.0. The molecule has 3 rings (SSSR count). The first-order valence-electron chi connectivity index (χ1n) is 7.73. The SMILES string of the molecule is COc1ccc(S(=O)(=O)Nc2ccn(Cc3ccccc3C)n2)cc1. The van der Waals surface area contributed by atoms with Crippen molar-refractivity contribution in [3.05, 3.63) is 71.9 Å². The molecule has 0 bridgehead atoms. The topological polar surface area (TPSA) is 73.2 Å². The van der Waals surface area contributed by atoms with E-state index in [2.05, 4.69) is 9.82 Å². The summed E-state index contributed by atoms with van der Waals surface area (Å²) in [5.74, 6) is 0.880. The minimum atomic E-state index is -3.69. The lowest BCUT2D eigenvalue weighted by atomic mass is 10.1. The van der Waals surface area contributed by atoms with Gasteiger partial charge in [-0.25, -0.2) is 8.42 Å². The van der Waals surface area contributed by atoms with Gasteiger partial charge in [0.15, 0.2) is 5.82 Å². The van der Waals surface area contributed by atoms with Crippen LogP contribution in [0, 0.1) is 6.92 Å². The lowest BCUT2D eigenvalue weighted by Gasteiger charge is -2.07. The van der Waals surface area contributed by atoms with Gasteiger partial charge in [-0.15, -0.1) is 0 Å². The van der Waals surface area contributed by atoms with Crippen molar-refractivity contribution in [3.8, 4) is 5.75 Å². The van der Waals surface area contributed by atoms with E-state index in [-0.39, 0.29) is 10.7 Å². The van der Waals surface area contributed by atoms with Gasteiger partial charge in [0.05, 0.1) is 18.6 Å². The number of hydrogen-bond donors (Lipinski definition) is 1. The van der Waals surface area contributed by atoms with Gasteiger partial charge in [-0.1, -0.05) is 24.3 Å². The van der Waals surface area contributed by atoms with Crippen LogP contribution in [-0.4, -0.2) is 25.3 Å². The van der Waals surface area contributed by atoms with Crippen molar-refractivity contribution in [2.75, 3.05) is 11.8 Å². The molecule has 7 heteroatoms. The van der Waals surface area contributed by atoms with E-state index in [0.717, 1.165) is 5.56 Å². The van der Waals surface area contributed by atoms with Crippen LogP contribution in [0.1, 0.15) is 11.1 Å². The Balaban J connectivity index is 1.75. The maximum absolute atomic E-state index is 12.4. The highest BCUT2D eigenvalue weighted by Crippen LogP contribution is 2.18. The van der Waals surface area contributed by atoms with Gasteiger partial charge in [0.1, 0.15) is 5.75 Å². The zero-order valence-corrected chi connectivity index (χ0v) is 14.8. The summed E-state index contributed by atoms with van der Waals surface area (Å²) in [5.41, 5.74) is 2.30. The number of sulfonamides is 1. The van der Waals surface area contributed by atoms with Crippen LogP contribution >= 0.6 is 0 Å². The number of rotatable bonds is 6. The molecule has 25 heavy (non-hydrogen) atoms. The molecule has 0 fully saturated rings. The highest BCUT2D eigenvalue weighted by Gasteiger charge is 2.15. The van der Waals surface area contributed by atoms with Gasteiger partial charge in [-0.3, -0.25) is 9.40 Å². The number of aromatic nitrogens is 2. The number of ether oxygens (including phenoxy) is 1. The van der Waals surface area contributed by atoms with Crippen molar-refractivity contribution < 1.29 is 13.2 Å². The molecule has 3 aromatic rings. The van der Waals surface area contributed by atoms with Crippen LogP contribution in [0.2, 0.25) is 0 Å². The Morgan fingerprint density at radius 2 is 1.80 bits per heavy atom. The highest BCUT2D eigenvalue weighted by atomic mass is 32.2. The standard InChI is InChI=1S/C18H19N3O3S/c1-14-5-3-4-6-15(14)13-21-12-11-18(19-21)20-25(22,23)17-9-7-16(24-2)8-10-17/h3-12H,13H2,1-2H3,(H,19,20). The third-order valence-electron chi connectivity index (χ3n) is 3.84. The first-order chi connectivity index (χ1) is 12.0. The van der Waals surface area contributed by atoms with Gasteiger partial charge in [0, 0.05) is 12.3 Å². The molecule has 0 saturated heterocycles.